The van der Waals surface area contributed by atoms with E-state index < -0.39 is 11.2 Å². The van der Waals surface area contributed by atoms with Gasteiger partial charge < -0.3 is 10.1 Å². The maximum absolute atomic E-state index is 13.5. The average Bonchev–Trinajstić information content (AvgIpc) is 3.48. The Kier molecular flexibility index (Phi) is 7.25. The molecule has 0 saturated heterocycles. The van der Waals surface area contributed by atoms with Crippen molar-refractivity contribution < 1.29 is 18.7 Å². The number of hydrogen-bond donors (Lipinski definition) is 1. The summed E-state index contributed by atoms with van der Waals surface area (Å²) in [6.45, 7) is 0. The number of rotatable bonds is 6. The third kappa shape index (κ3) is 5.68. The number of ether oxygens (including phenoxy) is 1. The first kappa shape index (κ1) is 25.0. The number of hydrazone groups is 1. The van der Waals surface area contributed by atoms with Crippen LogP contribution in [-0.2, 0) is 9.59 Å². The second kappa shape index (κ2) is 10.7. The first-order valence-electron chi connectivity index (χ1n) is 11.5. The van der Waals surface area contributed by atoms with Gasteiger partial charge in [0.25, 0.3) is 5.91 Å². The first-order valence-corrected chi connectivity index (χ1v) is 12.8. The summed E-state index contributed by atoms with van der Waals surface area (Å²) in [5.41, 5.74) is 3.00. The summed E-state index contributed by atoms with van der Waals surface area (Å²) < 4.78 is 18.7. The summed E-state index contributed by atoms with van der Waals surface area (Å²) in [4.78, 5) is 29.7. The van der Waals surface area contributed by atoms with E-state index in [9.17, 15) is 14.0 Å². The minimum Gasteiger partial charge on any atom is -0.497 e. The van der Waals surface area contributed by atoms with E-state index in [-0.39, 0.29) is 24.2 Å². The number of hydrogen-bond acceptors (Lipinski definition) is 6. The number of halogens is 2. The summed E-state index contributed by atoms with van der Waals surface area (Å²) in [5.74, 6) is -0.414. The molecule has 10 heteroatoms. The molecule has 7 nitrogen and oxygen atoms in total. The van der Waals surface area contributed by atoms with Crippen LogP contribution < -0.4 is 10.1 Å². The maximum atomic E-state index is 13.5. The van der Waals surface area contributed by atoms with Gasteiger partial charge in [-0.1, -0.05) is 53.7 Å². The molecule has 5 rings (SSSR count). The molecular weight excluding hydrogens is 515 g/mol. The number of carbonyl (C=O) groups is 2. The molecule has 0 spiro atoms. The van der Waals surface area contributed by atoms with Gasteiger partial charge in [0.2, 0.25) is 5.91 Å². The Balaban J connectivity index is 1.34. The highest BCUT2D eigenvalue weighted by Gasteiger charge is 2.39. The molecule has 2 aliphatic rings. The largest absolute Gasteiger partial charge is 0.497 e. The summed E-state index contributed by atoms with van der Waals surface area (Å²) >= 11 is 7.46. The number of carbonyl (C=O) groups excluding carboxylic acids is 2. The highest BCUT2D eigenvalue weighted by Crippen LogP contribution is 2.39. The van der Waals surface area contributed by atoms with Crippen LogP contribution in [0.5, 0.6) is 5.75 Å². The molecule has 0 fully saturated rings. The van der Waals surface area contributed by atoms with Crippen molar-refractivity contribution >= 4 is 51.7 Å². The van der Waals surface area contributed by atoms with Crippen molar-refractivity contribution in [3.63, 3.8) is 0 Å². The number of amides is 2. The van der Waals surface area contributed by atoms with Crippen LogP contribution in [0, 0.1) is 5.82 Å². The number of methoxy groups -OCH3 is 1. The van der Waals surface area contributed by atoms with Gasteiger partial charge in [-0.15, -0.1) is 0 Å². The molecule has 37 heavy (non-hydrogen) atoms. The monoisotopic (exact) mass is 536 g/mol. The highest BCUT2D eigenvalue weighted by atomic mass is 35.5. The third-order valence-electron chi connectivity index (χ3n) is 5.97. The number of aliphatic imine (C=N–C) groups is 1. The third-order valence-corrected chi connectivity index (χ3v) is 7.35. The molecule has 0 aromatic heterocycles. The molecule has 0 radical (unpaired) electrons. The van der Waals surface area contributed by atoms with E-state index in [1.54, 1.807) is 54.6 Å². The molecule has 2 aliphatic heterocycles. The Labute approximate surface area is 222 Å². The molecule has 2 heterocycles. The van der Waals surface area contributed by atoms with E-state index in [0.717, 1.165) is 16.8 Å². The van der Waals surface area contributed by atoms with Gasteiger partial charge >= 0.3 is 0 Å². The van der Waals surface area contributed by atoms with Crippen LogP contribution in [0.2, 0.25) is 5.02 Å². The van der Waals surface area contributed by atoms with Crippen LogP contribution in [0.1, 0.15) is 30.0 Å². The smallest absolute Gasteiger partial charge is 0.262 e. The van der Waals surface area contributed by atoms with Crippen LogP contribution in [0.3, 0.4) is 0 Å². The zero-order chi connectivity index (χ0) is 25.9. The number of nitrogens with one attached hydrogen (secondary N) is 1. The molecule has 188 valence electrons. The average molecular weight is 537 g/mol. The van der Waals surface area contributed by atoms with Crippen LogP contribution in [0.4, 0.5) is 10.1 Å². The fourth-order valence-corrected chi connectivity index (χ4v) is 5.42. The van der Waals surface area contributed by atoms with Crippen molar-refractivity contribution in [1.29, 1.82) is 0 Å². The second-order valence-corrected chi connectivity index (χ2v) is 10.1. The number of amidine groups is 1. The molecule has 0 unspecified atom stereocenters. The summed E-state index contributed by atoms with van der Waals surface area (Å²) in [5, 5.41) is 9.57. The van der Waals surface area contributed by atoms with E-state index in [4.69, 9.17) is 21.4 Å². The van der Waals surface area contributed by atoms with Gasteiger partial charge in [-0.3, -0.25) is 9.59 Å². The molecule has 2 amide bonds. The van der Waals surface area contributed by atoms with Gasteiger partial charge in [-0.05, 0) is 47.5 Å². The topological polar surface area (TPSA) is 83.4 Å². The quantitative estimate of drug-likeness (QED) is 0.439. The SMILES string of the molecule is COc1cccc(NC(=O)C[C@@H]2SC(N3N=C(c4ccc(F)cc4)C[C@@H]3c3cccc(Cl)c3)=NC2=O)c1. The maximum Gasteiger partial charge on any atom is 0.262 e. The summed E-state index contributed by atoms with van der Waals surface area (Å²) in [6, 6.07) is 20.3. The van der Waals surface area contributed by atoms with Crippen LogP contribution in [0.25, 0.3) is 0 Å². The zero-order valence-corrected chi connectivity index (χ0v) is 21.3. The van der Waals surface area contributed by atoms with Gasteiger partial charge in [0.15, 0.2) is 5.17 Å². The number of benzene rings is 3. The first-order chi connectivity index (χ1) is 17.9. The second-order valence-electron chi connectivity index (χ2n) is 8.50. The van der Waals surface area contributed by atoms with E-state index in [2.05, 4.69) is 10.3 Å². The van der Waals surface area contributed by atoms with Crippen molar-refractivity contribution in [2.75, 3.05) is 12.4 Å². The highest BCUT2D eigenvalue weighted by molar-refractivity contribution is 8.15. The van der Waals surface area contributed by atoms with Gasteiger partial charge in [0.1, 0.15) is 16.8 Å². The molecule has 2 atom stereocenters. The number of thioether (sulfide) groups is 1. The van der Waals surface area contributed by atoms with Gasteiger partial charge in [-0.2, -0.15) is 10.1 Å². The molecule has 3 aromatic rings. The molecular formula is C27H22ClFN4O3S. The predicted molar refractivity (Wildman–Crippen MR) is 144 cm³/mol. The lowest BCUT2D eigenvalue weighted by Crippen LogP contribution is -2.25. The van der Waals surface area contributed by atoms with Crippen molar-refractivity contribution in [2.45, 2.75) is 24.1 Å². The lowest BCUT2D eigenvalue weighted by molar-refractivity contribution is -0.121. The number of nitrogens with zero attached hydrogens (tertiary/aromatic N) is 3. The van der Waals surface area contributed by atoms with Crippen molar-refractivity contribution in [2.24, 2.45) is 10.1 Å². The van der Waals surface area contributed by atoms with Crippen molar-refractivity contribution in [1.82, 2.24) is 5.01 Å². The van der Waals surface area contributed by atoms with Gasteiger partial charge in [-0.25, -0.2) is 9.40 Å². The van der Waals surface area contributed by atoms with Crippen LogP contribution >= 0.6 is 23.4 Å². The normalized spacial score (nSPS) is 19.0. The molecule has 0 bridgehead atoms. The van der Waals surface area contributed by atoms with Crippen LogP contribution in [0.15, 0.2) is 82.9 Å². The standard InChI is InChI=1S/C27H22ClFN4O3S/c1-36-21-7-3-6-20(13-21)30-25(34)15-24-26(35)31-27(37-24)33-23(17-4-2-5-18(28)12-17)14-22(32-33)16-8-10-19(29)11-9-16/h2-13,23-24H,14-15H2,1H3,(H,30,34)/t23-,24+/m1/s1. The Morgan fingerprint density at radius 2 is 1.95 bits per heavy atom. The number of anilines is 1. The van der Waals surface area contributed by atoms with E-state index in [0.29, 0.717) is 28.0 Å². The Morgan fingerprint density at radius 1 is 1.16 bits per heavy atom. The minimum absolute atomic E-state index is 0.0437. The summed E-state index contributed by atoms with van der Waals surface area (Å²) in [7, 11) is 1.55. The molecule has 3 aromatic carbocycles. The zero-order valence-electron chi connectivity index (χ0n) is 19.7. The van der Waals surface area contributed by atoms with Crippen molar-refractivity contribution in [3.8, 4) is 5.75 Å². The lowest BCUT2D eigenvalue weighted by Gasteiger charge is -2.23. The Hall–Kier alpha value is -3.69. The Morgan fingerprint density at radius 3 is 2.70 bits per heavy atom. The van der Waals surface area contributed by atoms with E-state index >= 15 is 0 Å². The molecule has 1 N–H and O–H groups in total. The Bertz CT molecular complexity index is 1410. The fraction of sp³-hybridized carbons (Fsp3) is 0.185. The van der Waals surface area contributed by atoms with Gasteiger partial charge in [0, 0.05) is 29.6 Å². The molecule has 0 aliphatic carbocycles. The van der Waals surface area contributed by atoms with Crippen molar-refractivity contribution in [3.05, 3.63) is 94.8 Å². The minimum atomic E-state index is -0.675. The van der Waals surface area contributed by atoms with Gasteiger partial charge in [0.05, 0.1) is 18.9 Å². The predicted octanol–water partition coefficient (Wildman–Crippen LogP) is 5.67. The summed E-state index contributed by atoms with van der Waals surface area (Å²) in [6.07, 6.45) is 0.471. The fourth-order valence-electron chi connectivity index (χ4n) is 4.16. The van der Waals surface area contributed by atoms with E-state index in [1.165, 1.54) is 23.9 Å². The molecule has 0 saturated carbocycles. The van der Waals surface area contributed by atoms with E-state index in [1.807, 2.05) is 18.2 Å². The van der Waals surface area contributed by atoms with Crippen LogP contribution in [-0.4, -0.2) is 40.1 Å². The lowest BCUT2D eigenvalue weighted by atomic mass is 9.98.